The molecular formula is C12H22O7. The lowest BCUT2D eigenvalue weighted by Gasteiger charge is -2.40. The summed E-state index contributed by atoms with van der Waals surface area (Å²) in [5.41, 5.74) is 0. The van der Waals surface area contributed by atoms with Crippen LogP contribution in [0.15, 0.2) is 0 Å². The van der Waals surface area contributed by atoms with Crippen molar-refractivity contribution in [1.82, 2.24) is 0 Å². The summed E-state index contributed by atoms with van der Waals surface area (Å²) in [6.45, 7) is 3.08. The highest BCUT2D eigenvalue weighted by molar-refractivity contribution is 5.83. The van der Waals surface area contributed by atoms with Crippen molar-refractivity contribution in [3.63, 3.8) is 0 Å². The van der Waals surface area contributed by atoms with Gasteiger partial charge >= 0.3 is 0 Å². The normalized spacial score (nSPS) is 38.8. The number of aliphatic hydroxyl groups is 5. The van der Waals surface area contributed by atoms with E-state index in [9.17, 15) is 30.3 Å². The van der Waals surface area contributed by atoms with Crippen molar-refractivity contribution in [1.29, 1.82) is 0 Å². The molecular weight excluding hydrogens is 256 g/mol. The van der Waals surface area contributed by atoms with Crippen LogP contribution in [0.3, 0.4) is 0 Å². The van der Waals surface area contributed by atoms with E-state index in [1.54, 1.807) is 6.92 Å². The molecule has 0 aromatic heterocycles. The minimum atomic E-state index is -1.54. The largest absolute Gasteiger partial charge is 0.390 e. The Morgan fingerprint density at radius 3 is 2.26 bits per heavy atom. The third-order valence-electron chi connectivity index (χ3n) is 3.47. The van der Waals surface area contributed by atoms with Crippen LogP contribution < -0.4 is 0 Å². The number of carbonyl (C=O) groups excluding carboxylic acids is 1. The lowest BCUT2D eigenvalue weighted by atomic mass is 9.91. The summed E-state index contributed by atoms with van der Waals surface area (Å²) >= 11 is 0. The Kier molecular flexibility index (Phi) is 5.84. The van der Waals surface area contributed by atoms with Crippen molar-refractivity contribution in [2.24, 2.45) is 0 Å². The maximum atomic E-state index is 11.3. The van der Waals surface area contributed by atoms with Crippen LogP contribution in [0.25, 0.3) is 0 Å². The lowest BCUT2D eigenvalue weighted by Crippen LogP contribution is -2.57. The van der Waals surface area contributed by atoms with Crippen LogP contribution in [0, 0.1) is 0 Å². The number of rotatable bonds is 5. The standard InChI is InChI=1S/C12H22O7/c1-3-6(13)10(16)7(14)4-8-11(17)12(18)9(15)5(2)19-8/h5,7-12,14-18H,3-4H2,1-2H3/t5-,7-,8+,9+,10-,11?,12?/m0/s1. The predicted octanol–water partition coefficient (Wildman–Crippen LogP) is -2.05. The van der Waals surface area contributed by atoms with Crippen LogP contribution in [0.5, 0.6) is 0 Å². The molecule has 1 rings (SSSR count). The highest BCUT2D eigenvalue weighted by Gasteiger charge is 2.43. The molecule has 0 aromatic carbocycles. The van der Waals surface area contributed by atoms with Gasteiger partial charge in [-0.25, -0.2) is 0 Å². The summed E-state index contributed by atoms with van der Waals surface area (Å²) in [5.74, 6) is -0.508. The Morgan fingerprint density at radius 1 is 1.16 bits per heavy atom. The van der Waals surface area contributed by atoms with E-state index in [1.165, 1.54) is 6.92 Å². The third kappa shape index (κ3) is 3.71. The summed E-state index contributed by atoms with van der Waals surface area (Å²) in [4.78, 5) is 11.3. The van der Waals surface area contributed by atoms with Gasteiger partial charge in [-0.3, -0.25) is 4.79 Å². The zero-order valence-electron chi connectivity index (χ0n) is 11.0. The monoisotopic (exact) mass is 278 g/mol. The van der Waals surface area contributed by atoms with E-state index < -0.39 is 48.5 Å². The molecule has 2 unspecified atom stereocenters. The highest BCUT2D eigenvalue weighted by atomic mass is 16.5. The van der Waals surface area contributed by atoms with Gasteiger partial charge in [0.05, 0.1) is 18.3 Å². The minimum absolute atomic E-state index is 0.0873. The molecule has 1 saturated heterocycles. The summed E-state index contributed by atoms with van der Waals surface area (Å²) in [6.07, 6.45) is -8.71. The first-order valence-electron chi connectivity index (χ1n) is 6.38. The number of ketones is 1. The van der Waals surface area contributed by atoms with Gasteiger partial charge < -0.3 is 30.3 Å². The Morgan fingerprint density at radius 2 is 1.74 bits per heavy atom. The first-order valence-corrected chi connectivity index (χ1v) is 6.38. The maximum absolute atomic E-state index is 11.3. The molecule has 0 spiro atoms. The fourth-order valence-corrected chi connectivity index (χ4v) is 2.12. The average Bonchev–Trinajstić information content (AvgIpc) is 2.40. The number of carbonyl (C=O) groups is 1. The van der Waals surface area contributed by atoms with Gasteiger partial charge in [0.2, 0.25) is 0 Å². The van der Waals surface area contributed by atoms with Gasteiger partial charge in [-0.2, -0.15) is 0 Å². The van der Waals surface area contributed by atoms with Crippen LogP contribution in [0.2, 0.25) is 0 Å². The number of hydrogen-bond acceptors (Lipinski definition) is 7. The number of aliphatic hydroxyl groups excluding tert-OH is 5. The van der Waals surface area contributed by atoms with Crippen molar-refractivity contribution in [3.8, 4) is 0 Å². The summed E-state index contributed by atoms with van der Waals surface area (Å²) in [6, 6.07) is 0. The Bertz CT molecular complexity index is 308. The molecule has 0 aliphatic carbocycles. The molecule has 1 aliphatic heterocycles. The predicted molar refractivity (Wildman–Crippen MR) is 64.3 cm³/mol. The van der Waals surface area contributed by atoms with Gasteiger partial charge in [0.25, 0.3) is 0 Å². The van der Waals surface area contributed by atoms with Crippen LogP contribution in [-0.4, -0.2) is 74.0 Å². The number of hydrogen-bond donors (Lipinski definition) is 5. The van der Waals surface area contributed by atoms with Crippen molar-refractivity contribution in [2.45, 2.75) is 69.4 Å². The first-order chi connectivity index (χ1) is 8.79. The number of ether oxygens (including phenoxy) is 1. The molecule has 0 saturated carbocycles. The zero-order valence-corrected chi connectivity index (χ0v) is 11.0. The molecule has 1 heterocycles. The van der Waals surface area contributed by atoms with Gasteiger partial charge in [-0.05, 0) is 6.92 Å². The fraction of sp³-hybridized carbons (Fsp3) is 0.917. The fourth-order valence-electron chi connectivity index (χ4n) is 2.12. The van der Waals surface area contributed by atoms with E-state index in [0.29, 0.717) is 0 Å². The molecule has 0 amide bonds. The molecule has 7 atom stereocenters. The number of Topliss-reactive ketones (excluding diaryl/α,β-unsaturated/α-hetero) is 1. The van der Waals surface area contributed by atoms with Crippen molar-refractivity contribution in [2.75, 3.05) is 0 Å². The van der Waals surface area contributed by atoms with Gasteiger partial charge in [-0.15, -0.1) is 0 Å². The molecule has 7 nitrogen and oxygen atoms in total. The molecule has 0 bridgehead atoms. The van der Waals surface area contributed by atoms with E-state index >= 15 is 0 Å². The molecule has 1 aliphatic rings. The van der Waals surface area contributed by atoms with Gasteiger partial charge in [0.15, 0.2) is 5.78 Å². The quantitative estimate of drug-likeness (QED) is 0.391. The molecule has 19 heavy (non-hydrogen) atoms. The molecule has 5 N–H and O–H groups in total. The van der Waals surface area contributed by atoms with Crippen molar-refractivity contribution < 1.29 is 35.1 Å². The molecule has 112 valence electrons. The van der Waals surface area contributed by atoms with E-state index in [0.717, 1.165) is 0 Å². The second kappa shape index (κ2) is 6.74. The summed E-state index contributed by atoms with van der Waals surface area (Å²) in [7, 11) is 0. The van der Waals surface area contributed by atoms with E-state index in [2.05, 4.69) is 0 Å². The van der Waals surface area contributed by atoms with Crippen LogP contribution in [-0.2, 0) is 9.53 Å². The Labute approximate surface area is 111 Å². The van der Waals surface area contributed by atoms with Crippen LogP contribution in [0.4, 0.5) is 0 Å². The van der Waals surface area contributed by atoms with Gasteiger partial charge in [0, 0.05) is 12.8 Å². The van der Waals surface area contributed by atoms with Gasteiger partial charge in [0.1, 0.15) is 24.4 Å². The average molecular weight is 278 g/mol. The third-order valence-corrected chi connectivity index (χ3v) is 3.47. The second-order valence-corrected chi connectivity index (χ2v) is 4.92. The molecule has 7 heteroatoms. The van der Waals surface area contributed by atoms with E-state index in [1.807, 2.05) is 0 Å². The zero-order chi connectivity index (χ0) is 14.7. The summed E-state index contributed by atoms with van der Waals surface area (Å²) < 4.78 is 5.27. The highest BCUT2D eigenvalue weighted by Crippen LogP contribution is 2.24. The van der Waals surface area contributed by atoms with E-state index in [4.69, 9.17) is 4.74 Å². The minimum Gasteiger partial charge on any atom is -0.390 e. The topological polar surface area (TPSA) is 127 Å². The Balaban J connectivity index is 2.63. The molecule has 0 aromatic rings. The SMILES string of the molecule is CCC(=O)[C@H](O)[C@@H](O)C[C@H]1O[C@@H](C)[C@@H](O)C(O)C1O. The van der Waals surface area contributed by atoms with Crippen LogP contribution >= 0.6 is 0 Å². The smallest absolute Gasteiger partial charge is 0.163 e. The first kappa shape index (κ1) is 16.5. The van der Waals surface area contributed by atoms with Crippen LogP contribution in [0.1, 0.15) is 26.7 Å². The Hall–Kier alpha value is -0.570. The molecule has 1 fully saturated rings. The molecule has 0 radical (unpaired) electrons. The van der Waals surface area contributed by atoms with Gasteiger partial charge in [-0.1, -0.05) is 6.92 Å². The lowest BCUT2D eigenvalue weighted by molar-refractivity contribution is -0.224. The second-order valence-electron chi connectivity index (χ2n) is 4.92. The van der Waals surface area contributed by atoms with Crippen molar-refractivity contribution >= 4 is 5.78 Å². The van der Waals surface area contributed by atoms with E-state index in [-0.39, 0.29) is 12.8 Å². The van der Waals surface area contributed by atoms with Crippen molar-refractivity contribution in [3.05, 3.63) is 0 Å². The summed E-state index contributed by atoms with van der Waals surface area (Å²) in [5, 5.41) is 48.1. The maximum Gasteiger partial charge on any atom is 0.163 e.